The van der Waals surface area contributed by atoms with E-state index < -0.39 is 5.97 Å². The van der Waals surface area contributed by atoms with E-state index in [1.807, 2.05) is 0 Å². The summed E-state index contributed by atoms with van der Waals surface area (Å²) >= 11 is 0. The van der Waals surface area contributed by atoms with Gasteiger partial charge < -0.3 is 9.52 Å². The number of hydrogen-bond donors (Lipinski definition) is 1. The minimum atomic E-state index is -0.778. The number of carboxylic acids is 1. The fourth-order valence-corrected chi connectivity index (χ4v) is 3.11. The van der Waals surface area contributed by atoms with E-state index in [4.69, 9.17) is 9.52 Å². The molecule has 1 fully saturated rings. The molecule has 1 aliphatic carbocycles. The van der Waals surface area contributed by atoms with Gasteiger partial charge in [-0.2, -0.15) is 0 Å². The Kier molecular flexibility index (Phi) is 6.21. The molecule has 0 spiro atoms. The summed E-state index contributed by atoms with van der Waals surface area (Å²) in [4.78, 5) is 10.5. The lowest BCUT2D eigenvalue weighted by molar-refractivity contribution is -0.137. The Bertz CT molecular complexity index is 436. The van der Waals surface area contributed by atoms with Gasteiger partial charge in [0, 0.05) is 18.8 Å². The second-order valence-corrected chi connectivity index (χ2v) is 6.14. The van der Waals surface area contributed by atoms with Gasteiger partial charge in [-0.25, -0.2) is 0 Å². The van der Waals surface area contributed by atoms with Crippen LogP contribution in [0, 0.1) is 5.92 Å². The Balaban J connectivity index is 1.76. The van der Waals surface area contributed by atoms with Crippen LogP contribution in [0.2, 0.25) is 0 Å². The summed E-state index contributed by atoms with van der Waals surface area (Å²) in [6.07, 6.45) is 10.1. The van der Waals surface area contributed by atoms with Crippen molar-refractivity contribution in [2.75, 3.05) is 0 Å². The van der Waals surface area contributed by atoms with Crippen LogP contribution in [-0.2, 0) is 11.2 Å². The topological polar surface area (TPSA) is 76.2 Å². The van der Waals surface area contributed by atoms with Crippen molar-refractivity contribution in [3.8, 4) is 0 Å². The molecule has 0 radical (unpaired) electrons. The van der Waals surface area contributed by atoms with E-state index in [0.717, 1.165) is 24.7 Å². The van der Waals surface area contributed by atoms with E-state index in [-0.39, 0.29) is 6.42 Å². The lowest BCUT2D eigenvalue weighted by atomic mass is 9.80. The Morgan fingerprint density at radius 2 is 2.00 bits per heavy atom. The molecular weight excluding hydrogens is 268 g/mol. The monoisotopic (exact) mass is 294 g/mol. The highest BCUT2D eigenvalue weighted by atomic mass is 16.4. The van der Waals surface area contributed by atoms with E-state index in [2.05, 4.69) is 17.1 Å². The summed E-state index contributed by atoms with van der Waals surface area (Å²) in [5.41, 5.74) is 0. The summed E-state index contributed by atoms with van der Waals surface area (Å²) < 4.78 is 5.71. The predicted molar refractivity (Wildman–Crippen MR) is 79.1 cm³/mol. The number of aryl methyl sites for hydroxylation is 1. The minimum absolute atomic E-state index is 0.153. The lowest BCUT2D eigenvalue weighted by Crippen LogP contribution is -2.13. The molecule has 118 valence electrons. The highest BCUT2D eigenvalue weighted by molar-refractivity contribution is 5.66. The van der Waals surface area contributed by atoms with Crippen LogP contribution in [0.5, 0.6) is 0 Å². The number of nitrogens with zero attached hydrogens (tertiary/aromatic N) is 2. The average Bonchev–Trinajstić information content (AvgIpc) is 2.94. The molecular formula is C16H26N2O3. The van der Waals surface area contributed by atoms with E-state index in [1.54, 1.807) is 0 Å². The zero-order chi connectivity index (χ0) is 15.1. The van der Waals surface area contributed by atoms with Crippen molar-refractivity contribution >= 4 is 5.97 Å². The quantitative estimate of drug-likeness (QED) is 0.785. The minimum Gasteiger partial charge on any atom is -0.481 e. The molecule has 0 aliphatic heterocycles. The number of unbranched alkanes of at least 4 members (excludes halogenated alkanes) is 1. The van der Waals surface area contributed by atoms with Crippen LogP contribution in [0.4, 0.5) is 0 Å². The van der Waals surface area contributed by atoms with Crippen molar-refractivity contribution < 1.29 is 14.3 Å². The van der Waals surface area contributed by atoms with Crippen molar-refractivity contribution in [1.82, 2.24) is 10.2 Å². The summed E-state index contributed by atoms with van der Waals surface area (Å²) in [6, 6.07) is 0. The molecule has 0 atom stereocenters. The van der Waals surface area contributed by atoms with Gasteiger partial charge in [-0.3, -0.25) is 4.79 Å². The Morgan fingerprint density at radius 1 is 1.24 bits per heavy atom. The van der Waals surface area contributed by atoms with Gasteiger partial charge in [0.2, 0.25) is 11.8 Å². The number of rotatable bonds is 8. The molecule has 1 aliphatic rings. The maximum atomic E-state index is 10.5. The molecule has 1 aromatic rings. The normalized spacial score (nSPS) is 22.3. The largest absolute Gasteiger partial charge is 0.481 e. The first-order valence-corrected chi connectivity index (χ1v) is 8.23. The fraction of sp³-hybridized carbons (Fsp3) is 0.812. The molecule has 0 unspecified atom stereocenters. The summed E-state index contributed by atoms with van der Waals surface area (Å²) in [7, 11) is 0. The van der Waals surface area contributed by atoms with Crippen molar-refractivity contribution in [2.24, 2.45) is 5.92 Å². The lowest BCUT2D eigenvalue weighted by Gasteiger charge is -2.26. The number of aromatic nitrogens is 2. The van der Waals surface area contributed by atoms with Gasteiger partial charge in [-0.05, 0) is 38.0 Å². The highest BCUT2D eigenvalue weighted by Crippen LogP contribution is 2.37. The fourth-order valence-electron chi connectivity index (χ4n) is 3.11. The van der Waals surface area contributed by atoms with E-state index in [1.165, 1.54) is 32.1 Å². The van der Waals surface area contributed by atoms with Crippen molar-refractivity contribution in [1.29, 1.82) is 0 Å². The molecule has 0 aromatic carbocycles. The molecule has 5 nitrogen and oxygen atoms in total. The third kappa shape index (κ3) is 5.14. The van der Waals surface area contributed by atoms with E-state index >= 15 is 0 Å². The molecule has 0 amide bonds. The number of carbonyl (C=O) groups is 1. The molecule has 0 bridgehead atoms. The van der Waals surface area contributed by atoms with Crippen LogP contribution in [0.3, 0.4) is 0 Å². The summed E-state index contributed by atoms with van der Waals surface area (Å²) in [6.45, 7) is 2.25. The number of aliphatic carboxylic acids is 1. The maximum Gasteiger partial charge on any atom is 0.303 e. The molecule has 1 saturated carbocycles. The molecule has 1 N–H and O–H groups in total. The highest BCUT2D eigenvalue weighted by Gasteiger charge is 2.25. The van der Waals surface area contributed by atoms with Crippen LogP contribution >= 0.6 is 0 Å². The van der Waals surface area contributed by atoms with Crippen LogP contribution in [0.25, 0.3) is 0 Å². The standard InChI is InChI=1S/C16H26N2O3/c1-2-3-5-12-8-10-13(11-9-12)16-18-17-14(21-16)6-4-7-15(19)20/h12-13H,2-11H2,1H3,(H,19,20). The third-order valence-electron chi connectivity index (χ3n) is 4.43. The van der Waals surface area contributed by atoms with Gasteiger partial charge in [0.1, 0.15) is 0 Å². The summed E-state index contributed by atoms with van der Waals surface area (Å²) in [5, 5.41) is 16.8. The third-order valence-corrected chi connectivity index (χ3v) is 4.43. The first kappa shape index (κ1) is 16.0. The second kappa shape index (κ2) is 8.15. The number of carboxylic acid groups (broad SMARTS) is 1. The summed E-state index contributed by atoms with van der Waals surface area (Å²) in [5.74, 6) is 1.84. The molecule has 1 heterocycles. The first-order valence-electron chi connectivity index (χ1n) is 8.23. The molecule has 5 heteroatoms. The molecule has 2 rings (SSSR count). The SMILES string of the molecule is CCCCC1CCC(c2nnc(CCCC(=O)O)o2)CC1. The maximum absolute atomic E-state index is 10.5. The van der Waals surface area contributed by atoms with E-state index in [0.29, 0.717) is 24.7 Å². The average molecular weight is 294 g/mol. The smallest absolute Gasteiger partial charge is 0.303 e. The van der Waals surface area contributed by atoms with Gasteiger partial charge in [-0.15, -0.1) is 10.2 Å². The van der Waals surface area contributed by atoms with Gasteiger partial charge in [-0.1, -0.05) is 26.2 Å². The molecule has 21 heavy (non-hydrogen) atoms. The van der Waals surface area contributed by atoms with E-state index in [9.17, 15) is 4.79 Å². The van der Waals surface area contributed by atoms with Crippen molar-refractivity contribution in [3.05, 3.63) is 11.8 Å². The zero-order valence-corrected chi connectivity index (χ0v) is 12.9. The zero-order valence-electron chi connectivity index (χ0n) is 12.9. The Labute approximate surface area is 126 Å². The van der Waals surface area contributed by atoms with Crippen LogP contribution in [0.1, 0.15) is 82.4 Å². The van der Waals surface area contributed by atoms with Crippen LogP contribution < -0.4 is 0 Å². The van der Waals surface area contributed by atoms with Crippen LogP contribution in [0.15, 0.2) is 4.42 Å². The van der Waals surface area contributed by atoms with Crippen LogP contribution in [-0.4, -0.2) is 21.3 Å². The van der Waals surface area contributed by atoms with Gasteiger partial charge >= 0.3 is 5.97 Å². The first-order chi connectivity index (χ1) is 10.2. The van der Waals surface area contributed by atoms with Gasteiger partial charge in [0.25, 0.3) is 0 Å². The predicted octanol–water partition coefficient (Wildman–Crippen LogP) is 3.94. The Morgan fingerprint density at radius 3 is 2.67 bits per heavy atom. The van der Waals surface area contributed by atoms with Gasteiger partial charge in [0.15, 0.2) is 0 Å². The number of hydrogen-bond acceptors (Lipinski definition) is 4. The Hall–Kier alpha value is -1.39. The second-order valence-electron chi connectivity index (χ2n) is 6.14. The van der Waals surface area contributed by atoms with Gasteiger partial charge in [0.05, 0.1) is 0 Å². The van der Waals surface area contributed by atoms with Crippen molar-refractivity contribution in [3.63, 3.8) is 0 Å². The van der Waals surface area contributed by atoms with Crippen molar-refractivity contribution in [2.45, 2.75) is 77.0 Å². The molecule has 1 aromatic heterocycles. The molecule has 0 saturated heterocycles.